The number of amides is 1. The summed E-state index contributed by atoms with van der Waals surface area (Å²) < 4.78 is 2.25. The van der Waals surface area contributed by atoms with Gasteiger partial charge in [0.2, 0.25) is 5.78 Å². The summed E-state index contributed by atoms with van der Waals surface area (Å²) in [4.78, 5) is 29.5. The Morgan fingerprint density at radius 3 is 2.63 bits per heavy atom. The molecule has 0 saturated carbocycles. The number of aromatic nitrogens is 3. The van der Waals surface area contributed by atoms with Crippen LogP contribution in [-0.2, 0) is 6.54 Å². The Kier molecular flexibility index (Phi) is 5.49. The first-order chi connectivity index (χ1) is 14.4. The lowest BCUT2D eigenvalue weighted by Gasteiger charge is -2.09. The van der Waals surface area contributed by atoms with Crippen LogP contribution in [-0.4, -0.2) is 26.5 Å². The summed E-state index contributed by atoms with van der Waals surface area (Å²) in [5, 5.41) is 8.53. The molecule has 0 aliphatic heterocycles. The number of nitrogens with zero attached hydrogens (tertiary/aromatic N) is 2. The van der Waals surface area contributed by atoms with E-state index in [1.54, 1.807) is 47.1 Å². The minimum Gasteiger partial charge on any atom is -0.350 e. The molecule has 2 N–H and O–H groups in total. The predicted octanol–water partition coefficient (Wildman–Crippen LogP) is 5.59. The minimum atomic E-state index is -0.359. The molecule has 2 aromatic carbocycles. The van der Waals surface area contributed by atoms with Gasteiger partial charge in [0.05, 0.1) is 15.9 Å². The summed E-state index contributed by atoms with van der Waals surface area (Å²) in [6, 6.07) is 14.1. The van der Waals surface area contributed by atoms with E-state index in [0.717, 1.165) is 0 Å². The third-order valence-corrected chi connectivity index (χ3v) is 6.02. The first-order valence-corrected chi connectivity index (χ1v) is 10.5. The largest absolute Gasteiger partial charge is 0.350 e. The number of H-pyrrole nitrogens is 1. The number of carbonyl (C=O) groups excluding carboxylic acids is 2. The van der Waals surface area contributed by atoms with Gasteiger partial charge in [0, 0.05) is 28.0 Å². The van der Waals surface area contributed by atoms with E-state index in [1.807, 2.05) is 19.9 Å². The van der Waals surface area contributed by atoms with Gasteiger partial charge in [-0.15, -0.1) is 0 Å². The van der Waals surface area contributed by atoms with E-state index in [1.165, 1.54) is 0 Å². The molecule has 1 amide bonds. The van der Waals surface area contributed by atoms with Crippen molar-refractivity contribution in [1.82, 2.24) is 14.8 Å². The first kappa shape index (κ1) is 20.4. The Labute approximate surface area is 186 Å². The highest BCUT2D eigenvalue weighted by molar-refractivity contribution is 9.10. The van der Waals surface area contributed by atoms with E-state index in [0.29, 0.717) is 55.3 Å². The molecule has 0 saturated heterocycles. The van der Waals surface area contributed by atoms with Crippen LogP contribution in [0, 0.1) is 6.92 Å². The molecule has 0 radical (unpaired) electrons. The average Bonchev–Trinajstić information content (AvgIpc) is 3.24. The maximum atomic E-state index is 13.2. The third kappa shape index (κ3) is 3.55. The van der Waals surface area contributed by atoms with Crippen molar-refractivity contribution in [2.75, 3.05) is 5.32 Å². The number of halogens is 2. The molecule has 0 fully saturated rings. The molecule has 152 valence electrons. The maximum absolute atomic E-state index is 13.2. The zero-order valence-corrected chi connectivity index (χ0v) is 18.6. The summed E-state index contributed by atoms with van der Waals surface area (Å²) in [5.41, 5.74) is 3.00. The smallest absolute Gasteiger partial charge is 0.275 e. The molecule has 4 aromatic rings. The van der Waals surface area contributed by atoms with E-state index < -0.39 is 0 Å². The van der Waals surface area contributed by atoms with Crippen molar-refractivity contribution in [3.63, 3.8) is 0 Å². The standard InChI is InChI=1S/C22H18BrClN4O2/c1-3-28-20(17(23)12(2)27-28)22(30)26-18-15-10-9-14(24)11-16(15)25-19(18)21(29)13-7-5-4-6-8-13/h4-11,25H,3H2,1-2H3,(H,26,30). The number of ketones is 1. The number of aryl methyl sites for hydroxylation is 2. The second-order valence-electron chi connectivity index (χ2n) is 6.78. The van der Waals surface area contributed by atoms with E-state index in [9.17, 15) is 9.59 Å². The van der Waals surface area contributed by atoms with Crippen LogP contribution in [0.2, 0.25) is 5.02 Å². The fourth-order valence-corrected chi connectivity index (χ4v) is 4.02. The third-order valence-electron chi connectivity index (χ3n) is 4.83. The monoisotopic (exact) mass is 484 g/mol. The molecule has 8 heteroatoms. The van der Waals surface area contributed by atoms with Gasteiger partial charge in [-0.25, -0.2) is 0 Å². The number of fused-ring (bicyclic) bond motifs is 1. The van der Waals surface area contributed by atoms with Gasteiger partial charge in [-0.05, 0) is 48.0 Å². The molecule has 0 aliphatic rings. The molecule has 0 spiro atoms. The summed E-state index contributed by atoms with van der Waals surface area (Å²) in [5.74, 6) is -0.584. The maximum Gasteiger partial charge on any atom is 0.275 e. The Hall–Kier alpha value is -2.90. The lowest BCUT2D eigenvalue weighted by Crippen LogP contribution is -2.19. The van der Waals surface area contributed by atoms with Crippen LogP contribution in [0.4, 0.5) is 5.69 Å². The van der Waals surface area contributed by atoms with Gasteiger partial charge in [0.15, 0.2) is 0 Å². The molecule has 4 rings (SSSR count). The molecule has 2 heterocycles. The van der Waals surface area contributed by atoms with Crippen LogP contribution in [0.1, 0.15) is 39.2 Å². The molecule has 6 nitrogen and oxygen atoms in total. The molecule has 30 heavy (non-hydrogen) atoms. The van der Waals surface area contributed by atoms with Gasteiger partial charge in [-0.1, -0.05) is 41.9 Å². The number of nitrogens with one attached hydrogen (secondary N) is 2. The highest BCUT2D eigenvalue weighted by Crippen LogP contribution is 2.32. The highest BCUT2D eigenvalue weighted by Gasteiger charge is 2.25. The topological polar surface area (TPSA) is 79.8 Å². The second kappa shape index (κ2) is 8.08. The van der Waals surface area contributed by atoms with E-state index in [4.69, 9.17) is 11.6 Å². The number of benzene rings is 2. The van der Waals surface area contributed by atoms with E-state index in [2.05, 4.69) is 31.3 Å². The fraction of sp³-hybridized carbons (Fsp3) is 0.136. The average molecular weight is 486 g/mol. The molecule has 0 aliphatic carbocycles. The van der Waals surface area contributed by atoms with Gasteiger partial charge < -0.3 is 10.3 Å². The number of anilines is 1. The predicted molar refractivity (Wildman–Crippen MR) is 121 cm³/mol. The van der Waals surface area contributed by atoms with Gasteiger partial charge in [0.25, 0.3) is 5.91 Å². The SMILES string of the molecule is CCn1nc(C)c(Br)c1C(=O)Nc1c(C(=O)c2ccccc2)[nH]c2cc(Cl)ccc12. The first-order valence-electron chi connectivity index (χ1n) is 9.36. The van der Waals surface area contributed by atoms with Crippen LogP contribution in [0.3, 0.4) is 0 Å². The Balaban J connectivity index is 1.83. The molecular formula is C22H18BrClN4O2. The lowest BCUT2D eigenvalue weighted by molar-refractivity contribution is 0.101. The van der Waals surface area contributed by atoms with Crippen molar-refractivity contribution in [2.24, 2.45) is 0 Å². The summed E-state index contributed by atoms with van der Waals surface area (Å²) in [6.45, 7) is 4.27. The number of carbonyl (C=O) groups is 2. The number of aromatic amines is 1. The highest BCUT2D eigenvalue weighted by atomic mass is 79.9. The van der Waals surface area contributed by atoms with Crippen molar-refractivity contribution in [3.05, 3.63) is 80.7 Å². The van der Waals surface area contributed by atoms with Crippen LogP contribution in [0.5, 0.6) is 0 Å². The normalized spacial score (nSPS) is 11.1. The van der Waals surface area contributed by atoms with Crippen molar-refractivity contribution in [2.45, 2.75) is 20.4 Å². The zero-order valence-electron chi connectivity index (χ0n) is 16.3. The Bertz CT molecular complexity index is 1280. The van der Waals surface area contributed by atoms with Crippen LogP contribution < -0.4 is 5.32 Å². The summed E-state index contributed by atoms with van der Waals surface area (Å²) in [7, 11) is 0. The second-order valence-corrected chi connectivity index (χ2v) is 8.01. The molecular weight excluding hydrogens is 468 g/mol. The Morgan fingerprint density at radius 2 is 1.93 bits per heavy atom. The van der Waals surface area contributed by atoms with Gasteiger partial charge in [-0.3, -0.25) is 14.3 Å². The van der Waals surface area contributed by atoms with Crippen molar-refractivity contribution < 1.29 is 9.59 Å². The number of hydrogen-bond acceptors (Lipinski definition) is 3. The number of hydrogen-bond donors (Lipinski definition) is 2. The number of rotatable bonds is 5. The molecule has 0 bridgehead atoms. The fourth-order valence-electron chi connectivity index (χ4n) is 3.38. The quantitative estimate of drug-likeness (QED) is 0.362. The van der Waals surface area contributed by atoms with Crippen LogP contribution in [0.25, 0.3) is 10.9 Å². The van der Waals surface area contributed by atoms with Crippen LogP contribution in [0.15, 0.2) is 53.0 Å². The lowest BCUT2D eigenvalue weighted by atomic mass is 10.1. The van der Waals surface area contributed by atoms with Crippen molar-refractivity contribution in [3.8, 4) is 0 Å². The van der Waals surface area contributed by atoms with Gasteiger partial charge >= 0.3 is 0 Å². The summed E-state index contributed by atoms with van der Waals surface area (Å²) >= 11 is 9.59. The van der Waals surface area contributed by atoms with Crippen molar-refractivity contribution in [1.29, 1.82) is 0 Å². The molecule has 0 atom stereocenters. The molecule has 0 unspecified atom stereocenters. The zero-order chi connectivity index (χ0) is 21.4. The van der Waals surface area contributed by atoms with Gasteiger partial charge in [-0.2, -0.15) is 5.10 Å². The Morgan fingerprint density at radius 1 is 1.20 bits per heavy atom. The molecule has 2 aromatic heterocycles. The van der Waals surface area contributed by atoms with Crippen LogP contribution >= 0.6 is 27.5 Å². The van der Waals surface area contributed by atoms with E-state index in [-0.39, 0.29) is 11.7 Å². The summed E-state index contributed by atoms with van der Waals surface area (Å²) in [6.07, 6.45) is 0. The van der Waals surface area contributed by atoms with E-state index >= 15 is 0 Å². The van der Waals surface area contributed by atoms with Crippen molar-refractivity contribution >= 4 is 55.8 Å². The minimum absolute atomic E-state index is 0.225. The van der Waals surface area contributed by atoms with Gasteiger partial charge in [0.1, 0.15) is 11.4 Å².